The second-order valence-corrected chi connectivity index (χ2v) is 12.0. The summed E-state index contributed by atoms with van der Waals surface area (Å²) in [4.78, 5) is 15.2. The molecule has 3 aromatic rings. The number of nitrogens with zero attached hydrogens (tertiary/aromatic N) is 1. The molecule has 1 saturated heterocycles. The number of carbonyl (C=O) groups excluding carboxylic acids is 1. The Balaban J connectivity index is 1.45. The largest absolute Gasteiger partial charge is 0.489 e. The lowest BCUT2D eigenvalue weighted by Crippen LogP contribution is -2.34. The van der Waals surface area contributed by atoms with Crippen LogP contribution < -0.4 is 15.0 Å². The van der Waals surface area contributed by atoms with Crippen molar-refractivity contribution in [3.63, 3.8) is 0 Å². The lowest BCUT2D eigenvalue weighted by molar-refractivity contribution is -0.131. The number of carbonyl (C=O) groups is 1. The highest BCUT2D eigenvalue weighted by Gasteiger charge is 2.34. The van der Waals surface area contributed by atoms with Crippen LogP contribution in [0.15, 0.2) is 83.8 Å². The van der Waals surface area contributed by atoms with Gasteiger partial charge in [0, 0.05) is 24.3 Å². The fourth-order valence-corrected chi connectivity index (χ4v) is 5.76. The summed E-state index contributed by atoms with van der Waals surface area (Å²) in [5.74, 6) is 0.306. The number of halogens is 2. The third-order valence-electron chi connectivity index (χ3n) is 7.04. The van der Waals surface area contributed by atoms with E-state index in [9.17, 15) is 27.1 Å². The zero-order chi connectivity index (χ0) is 29.4. The van der Waals surface area contributed by atoms with E-state index in [4.69, 9.17) is 4.74 Å². The third kappa shape index (κ3) is 8.02. The van der Waals surface area contributed by atoms with E-state index in [1.807, 2.05) is 35.2 Å². The molecular formula is C30H34F2N2O6S. The van der Waals surface area contributed by atoms with Crippen molar-refractivity contribution in [3.8, 4) is 5.75 Å². The number of ether oxygens (including phenoxy) is 2. The first kappa shape index (κ1) is 30.4. The van der Waals surface area contributed by atoms with Gasteiger partial charge in [0.25, 0.3) is 5.91 Å². The highest BCUT2D eigenvalue weighted by atomic mass is 32.2. The van der Waals surface area contributed by atoms with Gasteiger partial charge in [0.2, 0.25) is 0 Å². The molecule has 220 valence electrons. The van der Waals surface area contributed by atoms with Crippen LogP contribution in [-0.2, 0) is 14.6 Å². The van der Waals surface area contributed by atoms with Crippen molar-refractivity contribution in [1.82, 2.24) is 5.32 Å². The molecule has 0 saturated carbocycles. The summed E-state index contributed by atoms with van der Waals surface area (Å²) in [5, 5.41) is 12.5. The van der Waals surface area contributed by atoms with Crippen LogP contribution in [0.25, 0.3) is 0 Å². The van der Waals surface area contributed by atoms with Crippen LogP contribution in [-0.4, -0.2) is 63.7 Å². The van der Waals surface area contributed by atoms with Gasteiger partial charge >= 0.3 is 6.61 Å². The van der Waals surface area contributed by atoms with Gasteiger partial charge in [0.05, 0.1) is 35.9 Å². The fourth-order valence-electron chi connectivity index (χ4n) is 4.88. The van der Waals surface area contributed by atoms with E-state index in [1.165, 1.54) is 12.1 Å². The van der Waals surface area contributed by atoms with Gasteiger partial charge in [0.15, 0.2) is 9.84 Å². The van der Waals surface area contributed by atoms with Crippen molar-refractivity contribution in [2.45, 2.75) is 49.5 Å². The minimum atomic E-state index is -3.36. The van der Waals surface area contributed by atoms with E-state index in [0.29, 0.717) is 29.8 Å². The Labute approximate surface area is 238 Å². The topological polar surface area (TPSA) is 105 Å². The number of para-hydroxylation sites is 1. The number of anilines is 1. The quantitative estimate of drug-likeness (QED) is 0.301. The smallest absolute Gasteiger partial charge is 0.345 e. The molecule has 3 atom stereocenters. The van der Waals surface area contributed by atoms with Crippen molar-refractivity contribution in [3.05, 3.63) is 90.0 Å². The predicted octanol–water partition coefficient (Wildman–Crippen LogP) is 4.60. The Morgan fingerprint density at radius 1 is 1.05 bits per heavy atom. The number of hydrogen-bond acceptors (Lipinski definition) is 7. The number of aliphatic hydroxyl groups is 1. The Morgan fingerprint density at radius 3 is 2.34 bits per heavy atom. The van der Waals surface area contributed by atoms with Crippen molar-refractivity contribution in [1.29, 1.82) is 0 Å². The number of benzene rings is 3. The molecular weight excluding hydrogens is 554 g/mol. The third-order valence-corrected chi connectivity index (χ3v) is 8.79. The van der Waals surface area contributed by atoms with Crippen LogP contribution in [0.2, 0.25) is 0 Å². The van der Waals surface area contributed by atoms with E-state index in [1.54, 1.807) is 43.3 Å². The van der Waals surface area contributed by atoms with Crippen molar-refractivity contribution < 1.29 is 36.6 Å². The summed E-state index contributed by atoms with van der Waals surface area (Å²) in [6, 6.07) is 21.5. The predicted molar refractivity (Wildman–Crippen MR) is 151 cm³/mol. The molecule has 8 nitrogen and oxygen atoms in total. The number of nitrogens with one attached hydrogen (secondary N) is 1. The molecule has 0 aromatic heterocycles. The van der Waals surface area contributed by atoms with Gasteiger partial charge in [-0.3, -0.25) is 4.79 Å². The van der Waals surface area contributed by atoms with Crippen LogP contribution in [0.3, 0.4) is 0 Å². The van der Waals surface area contributed by atoms with Gasteiger partial charge in [-0.2, -0.15) is 8.78 Å². The molecule has 1 fully saturated rings. The van der Waals surface area contributed by atoms with Crippen LogP contribution in [0.4, 0.5) is 14.5 Å². The van der Waals surface area contributed by atoms with Gasteiger partial charge in [-0.15, -0.1) is 0 Å². The lowest BCUT2D eigenvalue weighted by Gasteiger charge is -2.26. The number of hydrogen-bond donors (Lipinski definition) is 2. The number of aliphatic hydroxyl groups excluding tert-OH is 1. The lowest BCUT2D eigenvalue weighted by atomic mass is 10.0. The van der Waals surface area contributed by atoms with E-state index in [-0.39, 0.29) is 48.3 Å². The normalized spacial score (nSPS) is 17.9. The molecule has 2 N–H and O–H groups in total. The molecule has 0 bridgehead atoms. The Kier molecular flexibility index (Phi) is 10.3. The summed E-state index contributed by atoms with van der Waals surface area (Å²) in [6.45, 7) is -1.20. The van der Waals surface area contributed by atoms with E-state index in [2.05, 4.69) is 10.1 Å². The molecule has 1 heterocycles. The summed E-state index contributed by atoms with van der Waals surface area (Å²) < 4.78 is 60.6. The number of alkyl halides is 2. The summed E-state index contributed by atoms with van der Waals surface area (Å²) in [5.41, 5.74) is 1.78. The molecule has 1 aliphatic heterocycles. The van der Waals surface area contributed by atoms with Gasteiger partial charge in [-0.1, -0.05) is 37.3 Å². The summed E-state index contributed by atoms with van der Waals surface area (Å²) in [7, 11) is -3.36. The maximum atomic E-state index is 13.1. The molecule has 0 radical (unpaired) electrons. The monoisotopic (exact) mass is 588 g/mol. The average molecular weight is 589 g/mol. The van der Waals surface area contributed by atoms with E-state index >= 15 is 0 Å². The molecule has 4 rings (SSSR count). The van der Waals surface area contributed by atoms with Gasteiger partial charge in [0.1, 0.15) is 11.9 Å². The Morgan fingerprint density at radius 2 is 1.73 bits per heavy atom. The summed E-state index contributed by atoms with van der Waals surface area (Å²) in [6.07, 6.45) is 0.501. The highest BCUT2D eigenvalue weighted by Crippen LogP contribution is 2.30. The fraction of sp³-hybridized carbons (Fsp3) is 0.367. The average Bonchev–Trinajstić information content (AvgIpc) is 3.38. The van der Waals surface area contributed by atoms with Gasteiger partial charge < -0.3 is 24.8 Å². The van der Waals surface area contributed by atoms with Crippen LogP contribution in [0, 0.1) is 0 Å². The second-order valence-electron chi connectivity index (χ2n) is 9.75. The van der Waals surface area contributed by atoms with Gasteiger partial charge in [-0.05, 0) is 60.5 Å². The SMILES string of the molecule is CCS(=O)(=O)c1ccc([C@H](CCO)NC(=O)c2ccc(N3C[C@H](Oc4ccccc4)C[C@H]3COC(F)F)cc2)cc1. The summed E-state index contributed by atoms with van der Waals surface area (Å²) >= 11 is 0. The number of rotatable bonds is 13. The van der Waals surface area contributed by atoms with Crippen LogP contribution in [0.1, 0.15) is 41.7 Å². The van der Waals surface area contributed by atoms with E-state index in [0.717, 1.165) is 5.69 Å². The van der Waals surface area contributed by atoms with Crippen LogP contribution in [0.5, 0.6) is 5.75 Å². The zero-order valence-electron chi connectivity index (χ0n) is 22.7. The number of sulfone groups is 1. The van der Waals surface area contributed by atoms with Crippen molar-refractivity contribution in [2.24, 2.45) is 0 Å². The van der Waals surface area contributed by atoms with Gasteiger partial charge in [-0.25, -0.2) is 8.42 Å². The molecule has 41 heavy (non-hydrogen) atoms. The first-order valence-electron chi connectivity index (χ1n) is 13.4. The van der Waals surface area contributed by atoms with E-state index < -0.39 is 22.5 Å². The molecule has 11 heteroatoms. The Bertz CT molecular complexity index is 1370. The standard InChI is InChI=1S/C30H34F2N2O6S/c1-2-41(37,38)27-14-10-21(11-15-27)28(16-17-35)33-29(36)22-8-12-23(13-9-22)34-19-26(18-24(34)20-39-30(31)32)40-25-6-4-3-5-7-25/h3-15,24,26,28,30,35H,2,16-20H2,1H3,(H,33,36)/t24-,26+,28-/m0/s1. The molecule has 3 aromatic carbocycles. The molecule has 1 aliphatic rings. The molecule has 0 aliphatic carbocycles. The second kappa shape index (κ2) is 13.9. The van der Waals surface area contributed by atoms with Crippen LogP contribution >= 0.6 is 0 Å². The molecule has 0 unspecified atom stereocenters. The Hall–Kier alpha value is -3.54. The first-order valence-corrected chi connectivity index (χ1v) is 15.1. The minimum Gasteiger partial charge on any atom is -0.489 e. The number of amides is 1. The van der Waals surface area contributed by atoms with Crippen molar-refractivity contribution >= 4 is 21.4 Å². The maximum Gasteiger partial charge on any atom is 0.345 e. The molecule has 1 amide bonds. The maximum absolute atomic E-state index is 13.1. The minimum absolute atomic E-state index is 0.0166. The first-order chi connectivity index (χ1) is 19.7. The highest BCUT2D eigenvalue weighted by molar-refractivity contribution is 7.91. The molecule has 0 spiro atoms. The zero-order valence-corrected chi connectivity index (χ0v) is 23.5. The van der Waals surface area contributed by atoms with Crippen molar-refractivity contribution in [2.75, 3.05) is 30.4 Å².